The molecule has 0 bridgehead atoms. The van der Waals surface area contributed by atoms with Crippen molar-refractivity contribution in [2.24, 2.45) is 7.05 Å². The van der Waals surface area contributed by atoms with Gasteiger partial charge in [0.2, 0.25) is 0 Å². The van der Waals surface area contributed by atoms with Crippen molar-refractivity contribution in [2.45, 2.75) is 32.7 Å². The van der Waals surface area contributed by atoms with Crippen molar-refractivity contribution in [1.82, 2.24) is 24.6 Å². The van der Waals surface area contributed by atoms with Crippen LogP contribution in [0.1, 0.15) is 34.3 Å². The van der Waals surface area contributed by atoms with Gasteiger partial charge in [0.25, 0.3) is 5.91 Å². The molecule has 0 aliphatic carbocycles. The molecule has 1 amide bonds. The van der Waals surface area contributed by atoms with E-state index in [2.05, 4.69) is 36.0 Å². The Labute approximate surface area is 171 Å². The first kappa shape index (κ1) is 18.3. The molecule has 0 radical (unpaired) electrons. The van der Waals surface area contributed by atoms with Crippen LogP contribution in [-0.4, -0.2) is 62.7 Å². The molecule has 4 heterocycles. The van der Waals surface area contributed by atoms with Crippen LogP contribution in [0.2, 0.25) is 0 Å². The zero-order valence-electron chi connectivity index (χ0n) is 17.4. The van der Waals surface area contributed by atoms with E-state index in [9.17, 15) is 4.79 Å². The Morgan fingerprint density at radius 3 is 2.79 bits per heavy atom. The average Bonchev–Trinajstić information content (AvgIpc) is 3.35. The topological polar surface area (TPSA) is 54.3 Å². The molecule has 2 aliphatic rings. The summed E-state index contributed by atoms with van der Waals surface area (Å²) >= 11 is 0. The van der Waals surface area contributed by atoms with Crippen molar-refractivity contribution < 1.29 is 4.79 Å². The summed E-state index contributed by atoms with van der Waals surface area (Å²) in [6, 6.07) is 6.71. The molecule has 1 atom stereocenters. The lowest BCUT2D eigenvalue weighted by atomic mass is 9.99. The first-order chi connectivity index (χ1) is 14.0. The summed E-state index contributed by atoms with van der Waals surface area (Å²) < 4.78 is 1.77. The number of carbonyl (C=O) groups excluding carboxylic acids is 1. The molecule has 5 rings (SSSR count). The van der Waals surface area contributed by atoms with Crippen molar-refractivity contribution in [3.05, 3.63) is 47.3 Å². The van der Waals surface area contributed by atoms with Gasteiger partial charge in [-0.1, -0.05) is 11.6 Å². The molecule has 2 fully saturated rings. The van der Waals surface area contributed by atoms with Crippen LogP contribution in [0, 0.1) is 13.8 Å². The minimum Gasteiger partial charge on any atom is -0.336 e. The number of hydrogen-bond donors (Lipinski definition) is 0. The summed E-state index contributed by atoms with van der Waals surface area (Å²) in [6.07, 6.45) is 6.20. The Morgan fingerprint density at radius 2 is 2.00 bits per heavy atom. The van der Waals surface area contributed by atoms with Crippen LogP contribution in [0.25, 0.3) is 22.2 Å². The van der Waals surface area contributed by atoms with Gasteiger partial charge in [-0.3, -0.25) is 14.4 Å². The number of hydrogen-bond acceptors (Lipinski definition) is 4. The van der Waals surface area contributed by atoms with Crippen LogP contribution in [0.4, 0.5) is 0 Å². The first-order valence-electron chi connectivity index (χ1n) is 10.4. The van der Waals surface area contributed by atoms with Gasteiger partial charge < -0.3 is 4.90 Å². The summed E-state index contributed by atoms with van der Waals surface area (Å²) in [6.45, 7) is 7.93. The lowest BCUT2D eigenvalue weighted by molar-refractivity contribution is 0.0573. The SMILES string of the molecule is Cc1cc(C)c2nc(-c3cnn(C)c3)cc(C(=O)N3CCN4CCC[C@@H]4C3)c2c1. The number of pyridine rings is 1. The van der Waals surface area contributed by atoms with E-state index in [1.165, 1.54) is 19.4 Å². The number of carbonyl (C=O) groups is 1. The molecule has 6 heteroatoms. The van der Waals surface area contributed by atoms with E-state index < -0.39 is 0 Å². The van der Waals surface area contributed by atoms with Crippen molar-refractivity contribution in [3.8, 4) is 11.3 Å². The third kappa shape index (κ3) is 3.21. The van der Waals surface area contributed by atoms with Gasteiger partial charge in [0.15, 0.2) is 0 Å². The van der Waals surface area contributed by atoms with Crippen molar-refractivity contribution in [1.29, 1.82) is 0 Å². The van der Waals surface area contributed by atoms with E-state index in [-0.39, 0.29) is 5.91 Å². The second-order valence-electron chi connectivity index (χ2n) is 8.52. The second-order valence-corrected chi connectivity index (χ2v) is 8.52. The van der Waals surface area contributed by atoms with E-state index in [1.807, 2.05) is 30.4 Å². The van der Waals surface area contributed by atoms with Crippen molar-refractivity contribution in [2.75, 3.05) is 26.2 Å². The van der Waals surface area contributed by atoms with Crippen LogP contribution in [0.3, 0.4) is 0 Å². The van der Waals surface area contributed by atoms with Gasteiger partial charge in [-0.05, 0) is 50.9 Å². The Hall–Kier alpha value is -2.73. The predicted molar refractivity (Wildman–Crippen MR) is 114 cm³/mol. The Kier molecular flexibility index (Phi) is 4.39. The van der Waals surface area contributed by atoms with E-state index in [0.717, 1.165) is 58.5 Å². The molecular weight excluding hydrogens is 362 g/mol. The standard InChI is InChI=1S/C23H27N5O/c1-15-9-16(2)22-19(10-15)20(11-21(25-22)17-12-24-26(3)13-17)23(29)28-8-7-27-6-4-5-18(27)14-28/h9-13,18H,4-8,14H2,1-3H3/t18-/m1/s1. The van der Waals surface area contributed by atoms with Gasteiger partial charge in [0, 0.05) is 49.9 Å². The summed E-state index contributed by atoms with van der Waals surface area (Å²) in [5, 5.41) is 5.24. The van der Waals surface area contributed by atoms with Gasteiger partial charge >= 0.3 is 0 Å². The quantitative estimate of drug-likeness (QED) is 0.676. The smallest absolute Gasteiger partial charge is 0.254 e. The van der Waals surface area contributed by atoms with E-state index in [0.29, 0.717) is 6.04 Å². The molecule has 150 valence electrons. The van der Waals surface area contributed by atoms with Crippen molar-refractivity contribution in [3.63, 3.8) is 0 Å². The molecule has 2 saturated heterocycles. The molecule has 29 heavy (non-hydrogen) atoms. The monoisotopic (exact) mass is 389 g/mol. The maximum absolute atomic E-state index is 13.7. The minimum atomic E-state index is 0.124. The van der Waals surface area contributed by atoms with E-state index in [1.54, 1.807) is 4.68 Å². The van der Waals surface area contributed by atoms with Crippen LogP contribution in [0.15, 0.2) is 30.6 Å². The molecule has 2 aromatic heterocycles. The van der Waals surface area contributed by atoms with Gasteiger partial charge in [-0.2, -0.15) is 5.10 Å². The number of aromatic nitrogens is 3. The fourth-order valence-electron chi connectivity index (χ4n) is 4.91. The maximum Gasteiger partial charge on any atom is 0.254 e. The maximum atomic E-state index is 13.7. The highest BCUT2D eigenvalue weighted by Gasteiger charge is 2.33. The number of aryl methyl sites for hydroxylation is 3. The Bertz CT molecular complexity index is 1100. The van der Waals surface area contributed by atoms with Crippen LogP contribution >= 0.6 is 0 Å². The molecule has 0 saturated carbocycles. The van der Waals surface area contributed by atoms with Crippen LogP contribution in [-0.2, 0) is 7.05 Å². The zero-order chi connectivity index (χ0) is 20.1. The number of fused-ring (bicyclic) bond motifs is 2. The summed E-state index contributed by atoms with van der Waals surface area (Å²) in [5.74, 6) is 0.124. The molecule has 2 aliphatic heterocycles. The highest BCUT2D eigenvalue weighted by atomic mass is 16.2. The fraction of sp³-hybridized carbons (Fsp3) is 0.435. The van der Waals surface area contributed by atoms with Crippen LogP contribution in [0.5, 0.6) is 0 Å². The molecule has 3 aromatic rings. The van der Waals surface area contributed by atoms with Crippen LogP contribution < -0.4 is 0 Å². The Morgan fingerprint density at radius 1 is 1.14 bits per heavy atom. The second kappa shape index (κ2) is 6.95. The third-order valence-electron chi connectivity index (χ3n) is 6.35. The molecule has 0 spiro atoms. The van der Waals surface area contributed by atoms with Gasteiger partial charge in [0.1, 0.15) is 0 Å². The average molecular weight is 390 g/mol. The minimum absolute atomic E-state index is 0.124. The lowest BCUT2D eigenvalue weighted by Crippen LogP contribution is -2.52. The fourth-order valence-corrected chi connectivity index (χ4v) is 4.91. The molecule has 0 unspecified atom stereocenters. The number of rotatable bonds is 2. The Balaban J connectivity index is 1.62. The van der Waals surface area contributed by atoms with E-state index in [4.69, 9.17) is 4.98 Å². The van der Waals surface area contributed by atoms with Gasteiger partial charge in [-0.25, -0.2) is 4.98 Å². The highest BCUT2D eigenvalue weighted by molar-refractivity contribution is 6.08. The summed E-state index contributed by atoms with van der Waals surface area (Å²) in [7, 11) is 1.90. The largest absolute Gasteiger partial charge is 0.336 e. The van der Waals surface area contributed by atoms with Gasteiger partial charge in [-0.15, -0.1) is 0 Å². The molecule has 1 aromatic carbocycles. The zero-order valence-corrected chi connectivity index (χ0v) is 17.4. The molecule has 0 N–H and O–H groups in total. The lowest BCUT2D eigenvalue weighted by Gasteiger charge is -2.37. The first-order valence-corrected chi connectivity index (χ1v) is 10.4. The summed E-state index contributed by atoms with van der Waals surface area (Å²) in [4.78, 5) is 23.2. The van der Waals surface area contributed by atoms with E-state index >= 15 is 0 Å². The normalized spacial score (nSPS) is 19.7. The molecule has 6 nitrogen and oxygen atoms in total. The predicted octanol–water partition coefficient (Wildman–Crippen LogP) is 3.17. The number of benzene rings is 1. The van der Waals surface area contributed by atoms with Crippen molar-refractivity contribution >= 4 is 16.8 Å². The third-order valence-corrected chi connectivity index (χ3v) is 6.35. The van der Waals surface area contributed by atoms with Gasteiger partial charge in [0.05, 0.1) is 23.0 Å². The summed E-state index contributed by atoms with van der Waals surface area (Å²) in [5.41, 5.74) is 5.65. The number of piperazine rings is 1. The highest BCUT2D eigenvalue weighted by Crippen LogP contribution is 2.30. The number of amides is 1. The number of nitrogens with zero attached hydrogens (tertiary/aromatic N) is 5. The molecular formula is C23H27N5O.